The van der Waals surface area contributed by atoms with Gasteiger partial charge in [0.2, 0.25) is 0 Å². The number of benzene rings is 8. The Bertz CT molecular complexity index is 2550. The van der Waals surface area contributed by atoms with E-state index in [4.69, 9.17) is 0 Å². The van der Waals surface area contributed by atoms with Crippen molar-refractivity contribution in [2.75, 3.05) is 0 Å². The Morgan fingerprint density at radius 2 is 1.14 bits per heavy atom. The van der Waals surface area contributed by atoms with Crippen molar-refractivity contribution < 1.29 is 0 Å². The van der Waals surface area contributed by atoms with E-state index in [1.54, 1.807) is 0 Å². The standard InChI is InChI=1S/C42H27N/c1-42(28-12-4-2-5-13-28)36-18-10-8-16-30(36)34-24-26-21-23-33-39-27(20-22-32(38(26)39)40(34)42)25-35-31-17-9-11-19-37(31)43(41(33)35)29-14-6-3-7-15-29/h2-25H,1H3. The van der Waals surface area contributed by atoms with E-state index in [1.165, 1.54) is 87.6 Å². The van der Waals surface area contributed by atoms with Crippen LogP contribution in [-0.2, 0) is 5.41 Å². The largest absolute Gasteiger partial charge is 0.309 e. The summed E-state index contributed by atoms with van der Waals surface area (Å²) in [7, 11) is 0. The highest BCUT2D eigenvalue weighted by Crippen LogP contribution is 2.56. The van der Waals surface area contributed by atoms with Gasteiger partial charge in [0.1, 0.15) is 0 Å². The monoisotopic (exact) mass is 545 g/mol. The lowest BCUT2D eigenvalue weighted by molar-refractivity contribution is 0.720. The third kappa shape index (κ3) is 2.82. The lowest BCUT2D eigenvalue weighted by atomic mass is 9.72. The molecule has 1 heteroatoms. The molecule has 9 aromatic rings. The number of hydrogen-bond acceptors (Lipinski definition) is 0. The van der Waals surface area contributed by atoms with E-state index in [0.29, 0.717) is 0 Å². The third-order valence-corrected chi connectivity index (χ3v) is 10.2. The molecule has 0 aliphatic heterocycles. The second-order valence-electron chi connectivity index (χ2n) is 12.2. The van der Waals surface area contributed by atoms with Gasteiger partial charge in [-0.25, -0.2) is 0 Å². The molecule has 0 saturated heterocycles. The highest BCUT2D eigenvalue weighted by Gasteiger charge is 2.42. The van der Waals surface area contributed by atoms with Gasteiger partial charge in [-0.1, -0.05) is 115 Å². The molecule has 0 saturated carbocycles. The number of aromatic nitrogens is 1. The Morgan fingerprint density at radius 1 is 0.488 bits per heavy atom. The topological polar surface area (TPSA) is 4.93 Å². The van der Waals surface area contributed by atoms with E-state index in [9.17, 15) is 0 Å². The normalized spacial score (nSPS) is 16.1. The van der Waals surface area contributed by atoms with E-state index < -0.39 is 0 Å². The zero-order valence-electron chi connectivity index (χ0n) is 23.8. The molecule has 1 aliphatic carbocycles. The van der Waals surface area contributed by atoms with Crippen LogP contribution in [-0.4, -0.2) is 4.57 Å². The first-order valence-electron chi connectivity index (χ1n) is 15.1. The smallest absolute Gasteiger partial charge is 0.0620 e. The fourth-order valence-corrected chi connectivity index (χ4v) is 8.36. The third-order valence-electron chi connectivity index (χ3n) is 10.2. The summed E-state index contributed by atoms with van der Waals surface area (Å²) in [6.45, 7) is 2.43. The van der Waals surface area contributed by atoms with Crippen LogP contribution < -0.4 is 0 Å². The van der Waals surface area contributed by atoms with E-state index in [1.807, 2.05) is 0 Å². The molecule has 0 fully saturated rings. The minimum Gasteiger partial charge on any atom is -0.309 e. The fraction of sp³-hybridized carbons (Fsp3) is 0.0476. The maximum absolute atomic E-state index is 2.46. The summed E-state index contributed by atoms with van der Waals surface area (Å²) in [6.07, 6.45) is 0. The van der Waals surface area contributed by atoms with Gasteiger partial charge in [-0.3, -0.25) is 0 Å². The Morgan fingerprint density at radius 3 is 1.98 bits per heavy atom. The van der Waals surface area contributed by atoms with E-state index in [-0.39, 0.29) is 5.41 Å². The molecule has 1 nitrogen and oxygen atoms in total. The average Bonchev–Trinajstić information content (AvgIpc) is 3.54. The summed E-state index contributed by atoms with van der Waals surface area (Å²) in [5.74, 6) is 0. The molecule has 200 valence electrons. The molecule has 0 amide bonds. The molecule has 0 N–H and O–H groups in total. The second-order valence-corrected chi connectivity index (χ2v) is 12.2. The summed E-state index contributed by atoms with van der Waals surface area (Å²) in [5.41, 5.74) is 10.3. The molecular weight excluding hydrogens is 518 g/mol. The predicted octanol–water partition coefficient (Wildman–Crippen LogP) is 11.0. The molecule has 1 aromatic heterocycles. The minimum atomic E-state index is -0.246. The summed E-state index contributed by atoms with van der Waals surface area (Å²) >= 11 is 0. The Kier molecular flexibility index (Phi) is 4.38. The first-order valence-corrected chi connectivity index (χ1v) is 15.1. The molecule has 1 atom stereocenters. The second kappa shape index (κ2) is 8.12. The van der Waals surface area contributed by atoms with Crippen LogP contribution in [0.1, 0.15) is 23.6 Å². The van der Waals surface area contributed by atoms with Crippen molar-refractivity contribution in [3.63, 3.8) is 0 Å². The van der Waals surface area contributed by atoms with Crippen LogP contribution in [0.2, 0.25) is 0 Å². The molecular formula is C42H27N. The summed E-state index contributed by atoms with van der Waals surface area (Å²) < 4.78 is 2.46. The maximum atomic E-state index is 2.46. The van der Waals surface area contributed by atoms with Crippen molar-refractivity contribution in [1.82, 2.24) is 4.57 Å². The highest BCUT2D eigenvalue weighted by molar-refractivity contribution is 6.32. The maximum Gasteiger partial charge on any atom is 0.0620 e. The van der Waals surface area contributed by atoms with Crippen LogP contribution in [0.4, 0.5) is 0 Å². The van der Waals surface area contributed by atoms with Crippen molar-refractivity contribution in [2.24, 2.45) is 0 Å². The number of fused-ring (bicyclic) bond motifs is 8. The van der Waals surface area contributed by atoms with E-state index >= 15 is 0 Å². The van der Waals surface area contributed by atoms with Crippen LogP contribution in [0.25, 0.3) is 70.9 Å². The zero-order chi connectivity index (χ0) is 28.3. The Balaban J connectivity index is 1.41. The van der Waals surface area contributed by atoms with Crippen LogP contribution in [0.5, 0.6) is 0 Å². The fourth-order valence-electron chi connectivity index (χ4n) is 8.36. The number of rotatable bonds is 2. The van der Waals surface area contributed by atoms with Crippen molar-refractivity contribution in [3.05, 3.63) is 162 Å². The van der Waals surface area contributed by atoms with Gasteiger partial charge in [-0.15, -0.1) is 0 Å². The van der Waals surface area contributed by atoms with Gasteiger partial charge < -0.3 is 4.57 Å². The molecule has 0 bridgehead atoms. The van der Waals surface area contributed by atoms with Crippen molar-refractivity contribution in [2.45, 2.75) is 12.3 Å². The molecule has 0 radical (unpaired) electrons. The lowest BCUT2D eigenvalue weighted by Crippen LogP contribution is -2.22. The summed E-state index contributed by atoms with van der Waals surface area (Å²) in [4.78, 5) is 0. The van der Waals surface area contributed by atoms with Crippen LogP contribution in [0.15, 0.2) is 146 Å². The first kappa shape index (κ1) is 23.2. The summed E-state index contributed by atoms with van der Waals surface area (Å²) in [6, 6.07) is 54.1. The molecule has 10 rings (SSSR count). The lowest BCUT2D eigenvalue weighted by Gasteiger charge is -2.30. The van der Waals surface area contributed by atoms with Gasteiger partial charge in [0.15, 0.2) is 0 Å². The minimum absolute atomic E-state index is 0.246. The number of para-hydroxylation sites is 2. The van der Waals surface area contributed by atoms with Gasteiger partial charge in [-0.2, -0.15) is 0 Å². The Labute approximate surface area is 249 Å². The van der Waals surface area contributed by atoms with Crippen molar-refractivity contribution in [1.29, 1.82) is 0 Å². The van der Waals surface area contributed by atoms with Crippen LogP contribution >= 0.6 is 0 Å². The average molecular weight is 546 g/mol. The molecule has 1 heterocycles. The molecule has 1 unspecified atom stereocenters. The zero-order valence-corrected chi connectivity index (χ0v) is 23.8. The Hall–Kier alpha value is -5.40. The van der Waals surface area contributed by atoms with E-state index in [2.05, 4.69) is 157 Å². The molecule has 0 spiro atoms. The predicted molar refractivity (Wildman–Crippen MR) is 182 cm³/mol. The first-order chi connectivity index (χ1) is 21.2. The van der Waals surface area contributed by atoms with Gasteiger partial charge in [0, 0.05) is 27.3 Å². The van der Waals surface area contributed by atoms with Crippen molar-refractivity contribution in [3.8, 4) is 16.8 Å². The highest BCUT2D eigenvalue weighted by atomic mass is 15.0. The van der Waals surface area contributed by atoms with Gasteiger partial charge in [0.05, 0.1) is 11.0 Å². The van der Waals surface area contributed by atoms with E-state index in [0.717, 1.165) is 0 Å². The van der Waals surface area contributed by atoms with Crippen molar-refractivity contribution >= 4 is 54.1 Å². The van der Waals surface area contributed by atoms with Crippen LogP contribution in [0, 0.1) is 0 Å². The van der Waals surface area contributed by atoms with Crippen LogP contribution in [0.3, 0.4) is 0 Å². The SMILES string of the molecule is CC1(c2ccccc2)c2ccccc2-c2cc3ccc4c5c(ccc(c21)c35)cc1c2ccccc2n(-c2ccccc2)c14. The van der Waals surface area contributed by atoms with Gasteiger partial charge in [-0.05, 0) is 92.0 Å². The molecule has 43 heavy (non-hydrogen) atoms. The number of nitrogens with zero attached hydrogens (tertiary/aromatic N) is 1. The number of hydrogen-bond donors (Lipinski definition) is 0. The van der Waals surface area contributed by atoms with Gasteiger partial charge in [0.25, 0.3) is 0 Å². The molecule has 1 aliphatic rings. The van der Waals surface area contributed by atoms with Gasteiger partial charge >= 0.3 is 0 Å². The molecule has 8 aromatic carbocycles. The quantitative estimate of drug-likeness (QED) is 0.190. The summed E-state index contributed by atoms with van der Waals surface area (Å²) in [5, 5.41) is 10.6.